The van der Waals surface area contributed by atoms with Crippen molar-refractivity contribution in [2.45, 2.75) is 26.2 Å². The van der Waals surface area contributed by atoms with Crippen molar-refractivity contribution in [2.24, 2.45) is 0 Å². The van der Waals surface area contributed by atoms with Gasteiger partial charge >= 0.3 is 0 Å². The highest BCUT2D eigenvalue weighted by Crippen LogP contribution is 2.50. The molecule has 0 bridgehead atoms. The van der Waals surface area contributed by atoms with Crippen LogP contribution in [0.1, 0.15) is 36.1 Å². The largest absolute Gasteiger partial charge is 0.456 e. The molecule has 18 rings (SSSR count). The molecule has 17 aromatic rings. The van der Waals surface area contributed by atoms with Crippen LogP contribution in [0.5, 0.6) is 0 Å². The van der Waals surface area contributed by atoms with Crippen LogP contribution >= 0.6 is 34.8 Å². The van der Waals surface area contributed by atoms with Crippen LogP contribution in [0.25, 0.3) is 162 Å². The van der Waals surface area contributed by atoms with Crippen molar-refractivity contribution in [3.8, 4) is 102 Å². The number of furan rings is 2. The molecule has 0 atom stereocenters. The van der Waals surface area contributed by atoms with Gasteiger partial charge in [0.1, 0.15) is 22.3 Å². The molecular formula is C85H56Cl3N9O2. The molecule has 5 heterocycles. The average Bonchev–Trinajstić information content (AvgIpc) is 1.60. The first-order valence-corrected chi connectivity index (χ1v) is 33.3. The maximum atomic E-state index is 6.39. The molecule has 5 aromatic heterocycles. The van der Waals surface area contributed by atoms with Gasteiger partial charge in [0.05, 0.1) is 0 Å². The molecule has 0 aliphatic heterocycles. The van der Waals surface area contributed by atoms with E-state index < -0.39 is 0 Å². The Morgan fingerprint density at radius 3 is 1.48 bits per heavy atom. The Morgan fingerprint density at radius 2 is 0.788 bits per heavy atom. The van der Waals surface area contributed by atoms with Gasteiger partial charge in [0.2, 0.25) is 15.9 Å². The van der Waals surface area contributed by atoms with Crippen molar-refractivity contribution >= 4 is 95.5 Å². The summed E-state index contributed by atoms with van der Waals surface area (Å²) in [6.07, 6.45) is 1.79. The number of nitrogens with zero attached hydrogens (tertiary/aromatic N) is 9. The third-order valence-electron chi connectivity index (χ3n) is 18.0. The summed E-state index contributed by atoms with van der Waals surface area (Å²) in [4.78, 5) is 40.9. The van der Waals surface area contributed by atoms with E-state index in [9.17, 15) is 0 Å². The van der Waals surface area contributed by atoms with E-state index in [0.717, 1.165) is 116 Å². The van der Waals surface area contributed by atoms with Crippen LogP contribution in [0.3, 0.4) is 0 Å². The second-order valence-electron chi connectivity index (χ2n) is 24.6. The van der Waals surface area contributed by atoms with Gasteiger partial charge in [-0.15, -0.1) is 0 Å². The van der Waals surface area contributed by atoms with E-state index in [1.807, 2.05) is 140 Å². The zero-order valence-corrected chi connectivity index (χ0v) is 55.9. The minimum Gasteiger partial charge on any atom is -0.456 e. The zero-order chi connectivity index (χ0) is 67.3. The topological polar surface area (TPSA) is 142 Å². The lowest BCUT2D eigenvalue weighted by Crippen LogP contribution is -2.15. The van der Waals surface area contributed by atoms with Crippen LogP contribution < -0.4 is 0 Å². The summed E-state index contributed by atoms with van der Waals surface area (Å²) in [5.41, 5.74) is 20.3. The number of fused-ring (bicyclic) bond motifs is 10. The second-order valence-corrected chi connectivity index (χ2v) is 25.6. The Balaban J connectivity index is 0.000000116. The van der Waals surface area contributed by atoms with Crippen LogP contribution in [0.4, 0.5) is 0 Å². The summed E-state index contributed by atoms with van der Waals surface area (Å²) in [5, 5.41) is 6.64. The minimum atomic E-state index is -0.0861. The number of aromatic nitrogens is 9. The molecule has 0 saturated heterocycles. The van der Waals surface area contributed by atoms with Crippen LogP contribution in [-0.2, 0) is 5.41 Å². The number of hydrogen-bond acceptors (Lipinski definition) is 11. The second kappa shape index (κ2) is 25.9. The Morgan fingerprint density at radius 1 is 0.313 bits per heavy atom. The van der Waals surface area contributed by atoms with Gasteiger partial charge in [0.25, 0.3) is 0 Å². The Bertz CT molecular complexity index is 6010. The molecule has 0 saturated carbocycles. The molecule has 14 heteroatoms. The van der Waals surface area contributed by atoms with Crippen LogP contribution in [0.15, 0.2) is 282 Å². The molecule has 0 radical (unpaired) electrons. The molecule has 0 unspecified atom stereocenters. The number of aryl methyl sites for hydroxylation is 1. The Kier molecular flexibility index (Phi) is 16.2. The van der Waals surface area contributed by atoms with E-state index in [0.29, 0.717) is 34.9 Å². The maximum Gasteiger partial charge on any atom is 0.226 e. The first-order valence-electron chi connectivity index (χ1n) is 32.2. The molecule has 474 valence electrons. The van der Waals surface area contributed by atoms with Gasteiger partial charge in [0, 0.05) is 60.3 Å². The quantitative estimate of drug-likeness (QED) is 0.136. The molecule has 11 nitrogen and oxygen atoms in total. The first kappa shape index (κ1) is 62.0. The smallest absolute Gasteiger partial charge is 0.226 e. The number of halogens is 3. The highest BCUT2D eigenvalue weighted by Gasteiger charge is 2.35. The number of benzene rings is 12. The molecule has 12 aromatic carbocycles. The molecule has 99 heavy (non-hydrogen) atoms. The fourth-order valence-corrected chi connectivity index (χ4v) is 13.8. The van der Waals surface area contributed by atoms with Crippen molar-refractivity contribution < 1.29 is 8.83 Å². The summed E-state index contributed by atoms with van der Waals surface area (Å²) < 4.78 is 12.4. The Labute approximate surface area is 584 Å². The van der Waals surface area contributed by atoms with Crippen LogP contribution in [-0.4, -0.2) is 44.9 Å². The third kappa shape index (κ3) is 12.0. The molecule has 1 aliphatic carbocycles. The van der Waals surface area contributed by atoms with E-state index in [1.165, 1.54) is 27.8 Å². The lowest BCUT2D eigenvalue weighted by atomic mass is 9.82. The van der Waals surface area contributed by atoms with Crippen LogP contribution in [0, 0.1) is 6.92 Å². The summed E-state index contributed by atoms with van der Waals surface area (Å²) in [6.45, 7) is 10.5. The number of hydrogen-bond donors (Lipinski definition) is 0. The normalized spacial score (nSPS) is 12.1. The molecule has 0 N–H and O–H groups in total. The van der Waals surface area contributed by atoms with E-state index in [4.69, 9.17) is 58.6 Å². The monoisotopic (exact) mass is 1340 g/mol. The van der Waals surface area contributed by atoms with Crippen molar-refractivity contribution in [3.05, 3.63) is 312 Å². The molecule has 0 amide bonds. The van der Waals surface area contributed by atoms with Crippen molar-refractivity contribution in [3.63, 3.8) is 0 Å². The Hall–Kier alpha value is -11.9. The van der Waals surface area contributed by atoms with Gasteiger partial charge in [-0.1, -0.05) is 250 Å². The van der Waals surface area contributed by atoms with Gasteiger partial charge in [-0.3, -0.25) is 0 Å². The summed E-state index contributed by atoms with van der Waals surface area (Å²) in [7, 11) is 0. The van der Waals surface area contributed by atoms with Gasteiger partial charge in [-0.2, -0.15) is 29.9 Å². The highest BCUT2D eigenvalue weighted by molar-refractivity contribution is 6.29. The van der Waals surface area contributed by atoms with Crippen molar-refractivity contribution in [1.29, 1.82) is 0 Å². The maximum absolute atomic E-state index is 6.39. The van der Waals surface area contributed by atoms with Crippen molar-refractivity contribution in [2.75, 3.05) is 0 Å². The van der Waals surface area contributed by atoms with E-state index in [-0.39, 0.29) is 21.3 Å². The molecular weight excluding hydrogens is 1290 g/mol. The summed E-state index contributed by atoms with van der Waals surface area (Å²) in [6, 6.07) is 90.1. The van der Waals surface area contributed by atoms with Gasteiger partial charge in [0.15, 0.2) is 34.9 Å². The van der Waals surface area contributed by atoms with Gasteiger partial charge < -0.3 is 8.83 Å². The summed E-state index contributed by atoms with van der Waals surface area (Å²) >= 11 is 19.1. The van der Waals surface area contributed by atoms with Gasteiger partial charge in [-0.25, -0.2) is 15.0 Å². The van der Waals surface area contributed by atoms with E-state index >= 15 is 0 Å². The van der Waals surface area contributed by atoms with Crippen LogP contribution in [0.2, 0.25) is 15.9 Å². The predicted molar refractivity (Wildman–Crippen MR) is 402 cm³/mol. The van der Waals surface area contributed by atoms with E-state index in [1.54, 1.807) is 6.08 Å². The fourth-order valence-electron chi connectivity index (χ4n) is 13.3. The lowest BCUT2D eigenvalue weighted by Gasteiger charge is -2.21. The first-order chi connectivity index (χ1) is 48.4. The zero-order valence-electron chi connectivity index (χ0n) is 53.7. The standard InChI is InChI=1S/C29H18ClN3O.C28H18ClN3O.C28H20ClN3/c1-2-18-8-6-11-21(16-18)27-31-28(33-29(30)32-27)22-12-7-13-25-26(22)23-17-20(14-15-24(23)34-25)19-9-4-3-5-10-19;1-17-7-5-10-19(15-17)20-13-14-21-24(16-20)33-23-12-6-11-22(25(21)23)27-30-26(31-28(29)32-27)18-8-3-2-4-9-18;1-28(2)23-13-6-5-11-20(23)21-15-14-18(16-24(21)28)25-30-26(32-27(29)31-25)22-12-7-9-17-8-3-4-10-19(17)22/h2-17H,1H2;2-16H,1H3;3-16H,1-2H3. The lowest BCUT2D eigenvalue weighted by molar-refractivity contribution is 0.660. The molecule has 0 fully saturated rings. The SMILES string of the molecule is C=Cc1cccc(-c2nc(Cl)nc(-c3cccc4oc5ccc(-c6ccccc6)cc5c34)n2)c1.CC1(C)c2ccccc2-c2ccc(-c3nc(Cl)nc(-c4cccc5ccccc45)n3)cc21.Cc1cccc(-c2ccc3c(c2)oc2cccc(-c4nc(Cl)nc(-c5ccccc5)n4)c23)c1. The number of rotatable bonds is 9. The van der Waals surface area contributed by atoms with Crippen molar-refractivity contribution in [1.82, 2.24) is 44.9 Å². The third-order valence-corrected chi connectivity index (χ3v) is 18.5. The van der Waals surface area contributed by atoms with E-state index in [2.05, 4.69) is 185 Å². The fraction of sp³-hybridized carbons (Fsp3) is 0.0471. The highest BCUT2D eigenvalue weighted by atomic mass is 35.5. The summed E-state index contributed by atoms with van der Waals surface area (Å²) in [5.74, 6) is 3.23. The minimum absolute atomic E-state index is 0.0861. The molecule has 1 aliphatic rings. The van der Waals surface area contributed by atoms with Gasteiger partial charge in [-0.05, 0) is 151 Å². The predicted octanol–water partition coefficient (Wildman–Crippen LogP) is 23.1. The average molecular weight is 1340 g/mol. The molecule has 0 spiro atoms.